The maximum atomic E-state index is 14.0. The Kier molecular flexibility index (Phi) is 11.7. The molecule has 1 saturated carbocycles. The largest absolute Gasteiger partial charge is 0.629 e. The molecule has 4 N–H and O–H groups in total. The number of hydrogen-bond donors (Lipinski definition) is 4. The minimum absolute atomic E-state index is 0.0635. The van der Waals surface area contributed by atoms with Crippen molar-refractivity contribution >= 4 is 24.0 Å². The first kappa shape index (κ1) is 32.6. The summed E-state index contributed by atoms with van der Waals surface area (Å²) in [5.74, 6) is -2.02. The van der Waals surface area contributed by atoms with E-state index in [0.29, 0.717) is 31.4 Å². The average molecular weight is 595 g/mol. The quantitative estimate of drug-likeness (QED) is 0.204. The van der Waals surface area contributed by atoms with Crippen molar-refractivity contribution in [3.8, 4) is 0 Å². The number of carbonyl (C=O) groups excluding carboxylic acids is 3. The molecule has 2 amide bonds. The van der Waals surface area contributed by atoms with Crippen LogP contribution in [0.5, 0.6) is 0 Å². The van der Waals surface area contributed by atoms with Crippen LogP contribution in [0.2, 0.25) is 0 Å². The van der Waals surface area contributed by atoms with Gasteiger partial charge < -0.3 is 30.7 Å². The third-order valence-electron chi connectivity index (χ3n) is 8.85. The molecule has 1 fully saturated rings. The molecule has 0 spiro atoms. The number of carbonyl (C=O) groups is 3. The van der Waals surface area contributed by atoms with Crippen LogP contribution >= 0.6 is 0 Å². The third kappa shape index (κ3) is 8.61. The van der Waals surface area contributed by atoms with Gasteiger partial charge in [0.05, 0.1) is 30.8 Å². The number of aliphatic hydroxyl groups is 1. The van der Waals surface area contributed by atoms with Gasteiger partial charge in [0, 0.05) is 12.6 Å². The Morgan fingerprint density at radius 2 is 1.81 bits per heavy atom. The van der Waals surface area contributed by atoms with Gasteiger partial charge in [-0.1, -0.05) is 82.4 Å². The molecule has 2 heterocycles. The summed E-state index contributed by atoms with van der Waals surface area (Å²) in [6.07, 6.45) is 10.4. The molecule has 0 saturated heterocycles. The lowest BCUT2D eigenvalue weighted by Crippen LogP contribution is -3.11. The summed E-state index contributed by atoms with van der Waals surface area (Å²) in [7, 11) is 1.21. The molecule has 0 radical (unpaired) electrons. The van der Waals surface area contributed by atoms with Crippen molar-refractivity contribution in [1.29, 1.82) is 0 Å². The Morgan fingerprint density at radius 3 is 2.49 bits per heavy atom. The first-order chi connectivity index (χ1) is 20.7. The van der Waals surface area contributed by atoms with Gasteiger partial charge in [0.15, 0.2) is 11.8 Å². The van der Waals surface area contributed by atoms with Gasteiger partial charge in [-0.25, -0.2) is 4.79 Å². The van der Waals surface area contributed by atoms with Crippen LogP contribution in [-0.2, 0) is 25.5 Å². The number of aliphatic hydroxyl groups excluding tert-OH is 1. The monoisotopic (exact) mass is 594 g/mol. The standard InChI is InChI=1S/C33H46N4O6/c1-21(2)16-27(32(40)35-26(30(38)33(41)43-3)18-23-12-8-5-9-13-23)36-31(39)25(17-22-10-6-4-7-11-22)28-15-14-24-19-34-20-29(24)37(28)42/h4,6-7,10-11,14,19-21,23,25-28,30,37-38H,5,8-9,12-13,15-18H2,1-3H3,(H,35,40)(H,36,39). The van der Waals surface area contributed by atoms with E-state index in [9.17, 15) is 24.7 Å². The predicted molar refractivity (Wildman–Crippen MR) is 164 cm³/mol. The Morgan fingerprint density at radius 1 is 1.09 bits per heavy atom. The number of hydroxylamine groups is 2. The van der Waals surface area contributed by atoms with E-state index in [1.807, 2.05) is 50.3 Å². The summed E-state index contributed by atoms with van der Waals surface area (Å²) in [6.45, 7) is 3.92. The van der Waals surface area contributed by atoms with Crippen molar-refractivity contribution in [3.05, 3.63) is 64.6 Å². The minimum atomic E-state index is -1.51. The molecule has 0 bridgehead atoms. The molecule has 3 aliphatic rings. The second-order valence-corrected chi connectivity index (χ2v) is 12.5. The molecule has 1 aliphatic carbocycles. The van der Waals surface area contributed by atoms with Crippen molar-refractivity contribution < 1.29 is 29.3 Å². The minimum Gasteiger partial charge on any atom is -0.629 e. The van der Waals surface area contributed by atoms with Crippen molar-refractivity contribution in [1.82, 2.24) is 10.6 Å². The predicted octanol–water partition coefficient (Wildman–Crippen LogP) is 2.37. The fraction of sp³-hybridized carbons (Fsp3) is 0.576. The van der Waals surface area contributed by atoms with Crippen LogP contribution in [0.25, 0.3) is 0 Å². The van der Waals surface area contributed by atoms with Gasteiger partial charge in [0.1, 0.15) is 12.1 Å². The number of methoxy groups -OCH3 is 1. The van der Waals surface area contributed by atoms with Crippen LogP contribution in [0.15, 0.2) is 58.9 Å². The molecule has 6 unspecified atom stereocenters. The number of ether oxygens (including phenoxy) is 1. The van der Waals surface area contributed by atoms with E-state index in [4.69, 9.17) is 4.74 Å². The molecule has 0 aromatic heterocycles. The summed E-state index contributed by atoms with van der Waals surface area (Å²) in [5, 5.41) is 30.1. The van der Waals surface area contributed by atoms with E-state index in [-0.39, 0.29) is 22.8 Å². The van der Waals surface area contributed by atoms with E-state index in [2.05, 4.69) is 15.6 Å². The number of hydrogen-bond acceptors (Lipinski definition) is 7. The van der Waals surface area contributed by atoms with Crippen molar-refractivity contribution in [2.75, 3.05) is 7.11 Å². The van der Waals surface area contributed by atoms with E-state index in [1.165, 1.54) is 7.11 Å². The zero-order valence-corrected chi connectivity index (χ0v) is 25.5. The summed E-state index contributed by atoms with van der Waals surface area (Å²) < 4.78 is 4.79. The topological polar surface area (TPSA) is 145 Å². The maximum absolute atomic E-state index is 14.0. The number of quaternary nitrogens is 1. The highest BCUT2D eigenvalue weighted by molar-refractivity contribution is 5.90. The Balaban J connectivity index is 1.54. The lowest BCUT2D eigenvalue weighted by Gasteiger charge is -2.39. The van der Waals surface area contributed by atoms with Crippen LogP contribution in [0.1, 0.15) is 70.8 Å². The van der Waals surface area contributed by atoms with Crippen LogP contribution in [0.3, 0.4) is 0 Å². The zero-order valence-electron chi connectivity index (χ0n) is 25.5. The SMILES string of the molecule is COC(=O)C(O)C(CC1CCCCC1)NC(=O)C(CC(C)C)NC(=O)C(Cc1ccccc1)C1CC=C2C=NC=C2[NH+]1[O-]. The van der Waals surface area contributed by atoms with Crippen molar-refractivity contribution in [2.45, 2.75) is 95.9 Å². The summed E-state index contributed by atoms with van der Waals surface area (Å²) in [5.41, 5.74) is 2.21. The number of allylic oxidation sites excluding steroid dienone is 1. The van der Waals surface area contributed by atoms with E-state index in [1.54, 1.807) is 12.4 Å². The Bertz CT molecular complexity index is 1210. The number of benzene rings is 1. The molecule has 10 heteroatoms. The van der Waals surface area contributed by atoms with Gasteiger partial charge in [-0.05, 0) is 36.7 Å². The fourth-order valence-corrected chi connectivity index (χ4v) is 6.50. The van der Waals surface area contributed by atoms with Crippen LogP contribution in [0, 0.1) is 23.0 Å². The van der Waals surface area contributed by atoms with E-state index < -0.39 is 42.0 Å². The van der Waals surface area contributed by atoms with E-state index >= 15 is 0 Å². The van der Waals surface area contributed by atoms with Crippen molar-refractivity contribution in [3.63, 3.8) is 0 Å². The number of amides is 2. The van der Waals surface area contributed by atoms with Gasteiger partial charge in [0.25, 0.3) is 0 Å². The van der Waals surface area contributed by atoms with Crippen LogP contribution in [-0.4, -0.2) is 60.4 Å². The fourth-order valence-electron chi connectivity index (χ4n) is 6.50. The molecule has 43 heavy (non-hydrogen) atoms. The van der Waals surface area contributed by atoms with Gasteiger partial charge in [-0.3, -0.25) is 14.6 Å². The second-order valence-electron chi connectivity index (χ2n) is 12.5. The zero-order chi connectivity index (χ0) is 30.9. The number of nitrogens with one attached hydrogen (secondary N) is 3. The first-order valence-corrected chi connectivity index (χ1v) is 15.6. The highest BCUT2D eigenvalue weighted by Gasteiger charge is 2.40. The number of aliphatic imine (C=N–C) groups is 1. The van der Waals surface area contributed by atoms with Crippen molar-refractivity contribution in [2.24, 2.45) is 22.7 Å². The summed E-state index contributed by atoms with van der Waals surface area (Å²) >= 11 is 0. The molecule has 1 aromatic rings. The second kappa shape index (κ2) is 15.4. The number of fused-ring (bicyclic) bond motifs is 1. The third-order valence-corrected chi connectivity index (χ3v) is 8.85. The maximum Gasteiger partial charge on any atom is 0.336 e. The lowest BCUT2D eigenvalue weighted by atomic mass is 9.83. The molecule has 2 aliphatic heterocycles. The lowest BCUT2D eigenvalue weighted by molar-refractivity contribution is -0.837. The highest BCUT2D eigenvalue weighted by Crippen LogP contribution is 2.28. The molecular weight excluding hydrogens is 548 g/mol. The summed E-state index contributed by atoms with van der Waals surface area (Å²) in [4.78, 5) is 44.2. The van der Waals surface area contributed by atoms with Gasteiger partial charge in [-0.15, -0.1) is 0 Å². The molecule has 4 rings (SSSR count). The molecule has 1 aromatic carbocycles. The Labute approximate surface area is 254 Å². The van der Waals surface area contributed by atoms with Gasteiger partial charge in [0.2, 0.25) is 11.8 Å². The number of esters is 1. The molecule has 6 atom stereocenters. The number of nitrogens with zero attached hydrogens (tertiary/aromatic N) is 1. The molecule has 10 nitrogen and oxygen atoms in total. The Hall–Kier alpha value is -3.34. The normalized spacial score (nSPS) is 22.9. The molecular formula is C33H46N4O6. The average Bonchev–Trinajstić information content (AvgIpc) is 3.49. The van der Waals surface area contributed by atoms with E-state index in [0.717, 1.165) is 43.2 Å². The summed E-state index contributed by atoms with van der Waals surface area (Å²) in [6, 6.07) is 7.19. The number of rotatable bonds is 13. The van der Waals surface area contributed by atoms with Crippen LogP contribution < -0.4 is 15.7 Å². The van der Waals surface area contributed by atoms with Gasteiger partial charge in [-0.2, -0.15) is 0 Å². The van der Waals surface area contributed by atoms with Gasteiger partial charge >= 0.3 is 5.97 Å². The smallest absolute Gasteiger partial charge is 0.336 e. The first-order valence-electron chi connectivity index (χ1n) is 15.6. The van der Waals surface area contributed by atoms with Crippen LogP contribution in [0.4, 0.5) is 0 Å². The highest BCUT2D eigenvalue weighted by atomic mass is 16.5. The molecule has 234 valence electrons.